The third-order valence-electron chi connectivity index (χ3n) is 3.55. The van der Waals surface area contributed by atoms with Gasteiger partial charge in [-0.25, -0.2) is 4.98 Å². The number of nitrogens with zero attached hydrogens (tertiary/aromatic N) is 1. The molecule has 0 radical (unpaired) electrons. The number of para-hydroxylation sites is 1. The summed E-state index contributed by atoms with van der Waals surface area (Å²) in [6, 6.07) is 5.15. The van der Waals surface area contributed by atoms with E-state index < -0.39 is 0 Å². The van der Waals surface area contributed by atoms with Gasteiger partial charge in [0, 0.05) is 4.88 Å². The first-order chi connectivity index (χ1) is 9.65. The predicted octanol–water partition coefficient (Wildman–Crippen LogP) is 3.29. The molecule has 5 heteroatoms. The Kier molecular flexibility index (Phi) is 3.44. The van der Waals surface area contributed by atoms with Gasteiger partial charge < -0.3 is 5.11 Å². The molecule has 1 amide bonds. The molecule has 1 aliphatic rings. The van der Waals surface area contributed by atoms with E-state index in [-0.39, 0.29) is 17.2 Å². The summed E-state index contributed by atoms with van der Waals surface area (Å²) in [6.45, 7) is 1.77. The Hall–Kier alpha value is -1.88. The van der Waals surface area contributed by atoms with Gasteiger partial charge in [-0.05, 0) is 44.2 Å². The van der Waals surface area contributed by atoms with Gasteiger partial charge in [0.1, 0.15) is 5.75 Å². The lowest BCUT2D eigenvalue weighted by molar-refractivity contribution is 0.102. The number of phenols is 1. The van der Waals surface area contributed by atoms with Crippen LogP contribution in [-0.2, 0) is 12.8 Å². The maximum absolute atomic E-state index is 12.2. The van der Waals surface area contributed by atoms with E-state index in [0.29, 0.717) is 10.7 Å². The molecule has 0 unspecified atom stereocenters. The SMILES string of the molecule is Cc1cccc(C(=O)Nc2nc3c(s2)CCCC3)c1O. The second kappa shape index (κ2) is 5.25. The number of phenolic OH excluding ortho intramolecular Hbond substituents is 1. The highest BCUT2D eigenvalue weighted by molar-refractivity contribution is 7.15. The predicted molar refractivity (Wildman–Crippen MR) is 79.6 cm³/mol. The average molecular weight is 288 g/mol. The number of nitrogens with one attached hydrogen (secondary N) is 1. The number of anilines is 1. The van der Waals surface area contributed by atoms with E-state index in [4.69, 9.17) is 0 Å². The zero-order valence-electron chi connectivity index (χ0n) is 11.3. The minimum atomic E-state index is -0.308. The van der Waals surface area contributed by atoms with Gasteiger partial charge in [0.15, 0.2) is 5.13 Å². The maximum Gasteiger partial charge on any atom is 0.261 e. The minimum Gasteiger partial charge on any atom is -0.507 e. The topological polar surface area (TPSA) is 62.2 Å². The fraction of sp³-hybridized carbons (Fsp3) is 0.333. The smallest absolute Gasteiger partial charge is 0.261 e. The van der Waals surface area contributed by atoms with Gasteiger partial charge in [0.2, 0.25) is 0 Å². The molecule has 4 nitrogen and oxygen atoms in total. The molecule has 1 heterocycles. The molecule has 1 aliphatic carbocycles. The molecular weight excluding hydrogens is 272 g/mol. The summed E-state index contributed by atoms with van der Waals surface area (Å²) >= 11 is 1.54. The Bertz CT molecular complexity index is 640. The van der Waals surface area contributed by atoms with Gasteiger partial charge in [-0.3, -0.25) is 10.1 Å². The summed E-state index contributed by atoms with van der Waals surface area (Å²) in [5.41, 5.74) is 2.10. The number of aryl methyl sites for hydroxylation is 3. The molecule has 104 valence electrons. The number of hydrogen-bond donors (Lipinski definition) is 2. The van der Waals surface area contributed by atoms with E-state index in [0.717, 1.165) is 18.5 Å². The summed E-state index contributed by atoms with van der Waals surface area (Å²) in [4.78, 5) is 17.9. The van der Waals surface area contributed by atoms with Crippen LogP contribution in [-0.4, -0.2) is 16.0 Å². The number of aromatic nitrogens is 1. The van der Waals surface area contributed by atoms with Crippen LogP contribution >= 0.6 is 11.3 Å². The van der Waals surface area contributed by atoms with E-state index in [1.807, 2.05) is 0 Å². The van der Waals surface area contributed by atoms with Gasteiger partial charge in [-0.15, -0.1) is 11.3 Å². The molecule has 20 heavy (non-hydrogen) atoms. The molecule has 0 saturated heterocycles. The van der Waals surface area contributed by atoms with E-state index in [9.17, 15) is 9.90 Å². The normalized spacial score (nSPS) is 13.8. The average Bonchev–Trinajstić information content (AvgIpc) is 2.83. The first kappa shape index (κ1) is 13.1. The van der Waals surface area contributed by atoms with Crippen molar-refractivity contribution in [2.75, 3.05) is 5.32 Å². The number of fused-ring (bicyclic) bond motifs is 1. The van der Waals surface area contributed by atoms with Crippen LogP contribution in [0.15, 0.2) is 18.2 Å². The number of amides is 1. The fourth-order valence-electron chi connectivity index (χ4n) is 2.41. The van der Waals surface area contributed by atoms with Crippen molar-refractivity contribution in [1.29, 1.82) is 0 Å². The van der Waals surface area contributed by atoms with Crippen LogP contribution in [0.1, 0.15) is 39.3 Å². The standard InChI is InChI=1S/C15H16N2O2S/c1-9-5-4-6-10(13(9)18)14(19)17-15-16-11-7-2-3-8-12(11)20-15/h4-6,18H,2-3,7-8H2,1H3,(H,16,17,19). The third-order valence-corrected chi connectivity index (χ3v) is 4.62. The summed E-state index contributed by atoms with van der Waals surface area (Å²) in [5, 5.41) is 13.3. The summed E-state index contributed by atoms with van der Waals surface area (Å²) in [7, 11) is 0. The molecule has 3 rings (SSSR count). The summed E-state index contributed by atoms with van der Waals surface area (Å²) in [5.74, 6) is -0.274. The fourth-order valence-corrected chi connectivity index (χ4v) is 3.46. The first-order valence-electron chi connectivity index (χ1n) is 6.73. The molecule has 1 aromatic heterocycles. The Morgan fingerprint density at radius 1 is 1.35 bits per heavy atom. The number of thiazole rings is 1. The zero-order chi connectivity index (χ0) is 14.1. The van der Waals surface area contributed by atoms with Crippen LogP contribution in [0.4, 0.5) is 5.13 Å². The summed E-state index contributed by atoms with van der Waals surface area (Å²) < 4.78 is 0. The van der Waals surface area contributed by atoms with E-state index in [1.165, 1.54) is 17.7 Å². The number of aromatic hydroxyl groups is 1. The van der Waals surface area contributed by atoms with Crippen LogP contribution in [0, 0.1) is 6.92 Å². The third kappa shape index (κ3) is 2.41. The van der Waals surface area contributed by atoms with Gasteiger partial charge in [-0.1, -0.05) is 12.1 Å². The quantitative estimate of drug-likeness (QED) is 0.891. The van der Waals surface area contributed by atoms with E-state index in [1.54, 1.807) is 36.5 Å². The molecular formula is C15H16N2O2S. The van der Waals surface area contributed by atoms with Crippen molar-refractivity contribution in [3.05, 3.63) is 39.9 Å². The lowest BCUT2D eigenvalue weighted by atomic mass is 10.0. The Balaban J connectivity index is 1.82. The molecule has 0 saturated carbocycles. The lowest BCUT2D eigenvalue weighted by Gasteiger charge is -2.06. The van der Waals surface area contributed by atoms with E-state index in [2.05, 4.69) is 10.3 Å². The molecule has 0 bridgehead atoms. The van der Waals surface area contributed by atoms with Crippen molar-refractivity contribution in [3.8, 4) is 5.75 Å². The highest BCUT2D eigenvalue weighted by atomic mass is 32.1. The molecule has 2 aromatic rings. The van der Waals surface area contributed by atoms with Crippen LogP contribution < -0.4 is 5.32 Å². The van der Waals surface area contributed by atoms with Crippen molar-refractivity contribution in [3.63, 3.8) is 0 Å². The molecule has 0 spiro atoms. The Morgan fingerprint density at radius 3 is 2.95 bits per heavy atom. The molecule has 0 fully saturated rings. The van der Waals surface area contributed by atoms with E-state index >= 15 is 0 Å². The van der Waals surface area contributed by atoms with Crippen molar-refractivity contribution >= 4 is 22.4 Å². The molecule has 2 N–H and O–H groups in total. The van der Waals surface area contributed by atoms with Gasteiger partial charge in [-0.2, -0.15) is 0 Å². The van der Waals surface area contributed by atoms with Gasteiger partial charge in [0.05, 0.1) is 11.3 Å². The minimum absolute atomic E-state index is 0.0336. The molecule has 1 aromatic carbocycles. The second-order valence-electron chi connectivity index (χ2n) is 5.02. The first-order valence-corrected chi connectivity index (χ1v) is 7.55. The van der Waals surface area contributed by atoms with Gasteiger partial charge >= 0.3 is 0 Å². The monoisotopic (exact) mass is 288 g/mol. The highest BCUT2D eigenvalue weighted by Gasteiger charge is 2.18. The number of hydrogen-bond acceptors (Lipinski definition) is 4. The Morgan fingerprint density at radius 2 is 2.15 bits per heavy atom. The lowest BCUT2D eigenvalue weighted by Crippen LogP contribution is -2.12. The molecule has 0 atom stereocenters. The van der Waals surface area contributed by atoms with Crippen molar-refractivity contribution in [2.24, 2.45) is 0 Å². The maximum atomic E-state index is 12.2. The molecule has 0 aliphatic heterocycles. The number of carbonyl (C=O) groups is 1. The zero-order valence-corrected chi connectivity index (χ0v) is 12.1. The van der Waals surface area contributed by atoms with Crippen LogP contribution in [0.5, 0.6) is 5.75 Å². The number of rotatable bonds is 2. The van der Waals surface area contributed by atoms with Crippen LogP contribution in [0.2, 0.25) is 0 Å². The van der Waals surface area contributed by atoms with Crippen molar-refractivity contribution in [2.45, 2.75) is 32.6 Å². The Labute approximate surface area is 121 Å². The van der Waals surface area contributed by atoms with Crippen molar-refractivity contribution in [1.82, 2.24) is 4.98 Å². The van der Waals surface area contributed by atoms with Crippen molar-refractivity contribution < 1.29 is 9.90 Å². The van der Waals surface area contributed by atoms with Crippen LogP contribution in [0.3, 0.4) is 0 Å². The summed E-state index contributed by atoms with van der Waals surface area (Å²) in [6.07, 6.45) is 4.42. The second-order valence-corrected chi connectivity index (χ2v) is 6.10. The largest absolute Gasteiger partial charge is 0.507 e. The van der Waals surface area contributed by atoms with Gasteiger partial charge in [0.25, 0.3) is 5.91 Å². The van der Waals surface area contributed by atoms with Crippen LogP contribution in [0.25, 0.3) is 0 Å². The number of benzene rings is 1. The highest BCUT2D eigenvalue weighted by Crippen LogP contribution is 2.30. The number of carbonyl (C=O) groups excluding carboxylic acids is 1.